The van der Waals surface area contributed by atoms with Gasteiger partial charge in [0.05, 0.1) is 6.04 Å². The highest BCUT2D eigenvalue weighted by Crippen LogP contribution is 2.26. The number of amides is 1. The number of hydrogen-bond donors (Lipinski definition) is 2. The molecule has 0 spiro atoms. The van der Waals surface area contributed by atoms with E-state index in [0.29, 0.717) is 6.04 Å². The third-order valence-electron chi connectivity index (χ3n) is 3.73. The van der Waals surface area contributed by atoms with Crippen LogP contribution < -0.4 is 10.6 Å². The van der Waals surface area contributed by atoms with Crippen molar-refractivity contribution in [1.82, 2.24) is 10.6 Å². The Kier molecular flexibility index (Phi) is 4.53. The third kappa shape index (κ3) is 3.14. The summed E-state index contributed by atoms with van der Waals surface area (Å²) in [4.78, 5) is 11.9. The smallest absolute Gasteiger partial charge is 0.237 e. The highest BCUT2D eigenvalue weighted by Gasteiger charge is 2.26. The molecule has 2 N–H and O–H groups in total. The molecule has 16 heavy (non-hydrogen) atoms. The number of rotatable bonds is 3. The second kappa shape index (κ2) is 5.92. The standard InChI is InChI=1S/C12H22N2OS/c1-16-10-6-4-9(5-7-10)14-12(15)11-3-2-8-13-11/h9-11,13H,2-8H2,1H3,(H,14,15)/t9?,10?,11-/m0/s1. The van der Waals surface area contributed by atoms with E-state index in [2.05, 4.69) is 16.9 Å². The lowest BCUT2D eigenvalue weighted by atomic mass is 9.94. The van der Waals surface area contributed by atoms with Gasteiger partial charge in [0.25, 0.3) is 0 Å². The largest absolute Gasteiger partial charge is 0.352 e. The maximum absolute atomic E-state index is 11.9. The molecule has 2 rings (SSSR count). The monoisotopic (exact) mass is 242 g/mol. The minimum atomic E-state index is 0.0817. The van der Waals surface area contributed by atoms with Crippen LogP contribution in [0.5, 0.6) is 0 Å². The number of carbonyl (C=O) groups excluding carboxylic acids is 1. The van der Waals surface area contributed by atoms with E-state index >= 15 is 0 Å². The van der Waals surface area contributed by atoms with Gasteiger partial charge in [-0.3, -0.25) is 4.79 Å². The van der Waals surface area contributed by atoms with E-state index in [1.165, 1.54) is 12.8 Å². The first-order valence-corrected chi connectivity index (χ1v) is 7.65. The van der Waals surface area contributed by atoms with Gasteiger partial charge in [0.2, 0.25) is 5.91 Å². The van der Waals surface area contributed by atoms with Crippen LogP contribution in [0.25, 0.3) is 0 Å². The Morgan fingerprint density at radius 3 is 2.56 bits per heavy atom. The normalized spacial score (nSPS) is 34.9. The van der Waals surface area contributed by atoms with Crippen LogP contribution in [-0.4, -0.2) is 36.0 Å². The molecule has 0 aromatic heterocycles. The predicted octanol–water partition coefficient (Wildman–Crippen LogP) is 1.53. The van der Waals surface area contributed by atoms with Crippen LogP contribution in [0.15, 0.2) is 0 Å². The van der Waals surface area contributed by atoms with Crippen molar-refractivity contribution in [3.05, 3.63) is 0 Å². The Bertz CT molecular complexity index is 233. The van der Waals surface area contributed by atoms with Crippen LogP contribution >= 0.6 is 11.8 Å². The summed E-state index contributed by atoms with van der Waals surface area (Å²) >= 11 is 1.97. The van der Waals surface area contributed by atoms with E-state index in [9.17, 15) is 4.79 Å². The van der Waals surface area contributed by atoms with Gasteiger partial charge in [-0.2, -0.15) is 11.8 Å². The first-order chi connectivity index (χ1) is 7.79. The van der Waals surface area contributed by atoms with E-state index in [4.69, 9.17) is 0 Å². The van der Waals surface area contributed by atoms with Gasteiger partial charge in [-0.25, -0.2) is 0 Å². The summed E-state index contributed by atoms with van der Waals surface area (Å²) < 4.78 is 0. The average Bonchev–Trinajstić information content (AvgIpc) is 2.83. The molecule has 3 nitrogen and oxygen atoms in total. The Morgan fingerprint density at radius 2 is 2.00 bits per heavy atom. The molecule has 2 aliphatic rings. The lowest BCUT2D eigenvalue weighted by molar-refractivity contribution is -0.123. The first kappa shape index (κ1) is 12.2. The quantitative estimate of drug-likeness (QED) is 0.788. The van der Waals surface area contributed by atoms with E-state index in [1.54, 1.807) is 0 Å². The molecule has 1 atom stereocenters. The molecule has 2 fully saturated rings. The number of thioether (sulfide) groups is 1. The first-order valence-electron chi connectivity index (χ1n) is 6.36. The van der Waals surface area contributed by atoms with Gasteiger partial charge in [-0.15, -0.1) is 0 Å². The maximum Gasteiger partial charge on any atom is 0.237 e. The molecule has 0 bridgehead atoms. The molecule has 0 aromatic rings. The molecule has 1 aliphatic heterocycles. The molecule has 1 heterocycles. The maximum atomic E-state index is 11.9. The van der Waals surface area contributed by atoms with Gasteiger partial charge in [0, 0.05) is 11.3 Å². The summed E-state index contributed by atoms with van der Waals surface area (Å²) in [6.07, 6.45) is 9.15. The lowest BCUT2D eigenvalue weighted by Crippen LogP contribution is -2.46. The summed E-state index contributed by atoms with van der Waals surface area (Å²) in [5.74, 6) is 0.227. The number of carbonyl (C=O) groups is 1. The van der Waals surface area contributed by atoms with Crippen LogP contribution in [-0.2, 0) is 4.79 Å². The fraction of sp³-hybridized carbons (Fsp3) is 0.917. The Hall–Kier alpha value is -0.220. The predicted molar refractivity (Wildman–Crippen MR) is 68.7 cm³/mol. The fourth-order valence-electron chi connectivity index (χ4n) is 2.65. The number of nitrogens with one attached hydrogen (secondary N) is 2. The molecule has 0 aromatic carbocycles. The fourth-order valence-corrected chi connectivity index (χ4v) is 3.40. The summed E-state index contributed by atoms with van der Waals surface area (Å²) in [5, 5.41) is 7.26. The van der Waals surface area contributed by atoms with Crippen LogP contribution in [0.4, 0.5) is 0 Å². The van der Waals surface area contributed by atoms with Crippen molar-refractivity contribution < 1.29 is 4.79 Å². The second-order valence-electron chi connectivity index (χ2n) is 4.87. The number of hydrogen-bond acceptors (Lipinski definition) is 3. The Labute approximate surface area is 102 Å². The molecular formula is C12H22N2OS. The van der Waals surface area contributed by atoms with E-state index in [1.807, 2.05) is 11.8 Å². The zero-order chi connectivity index (χ0) is 11.4. The van der Waals surface area contributed by atoms with Crippen LogP contribution in [0.2, 0.25) is 0 Å². The molecule has 1 amide bonds. The van der Waals surface area contributed by atoms with Gasteiger partial charge in [0.15, 0.2) is 0 Å². The van der Waals surface area contributed by atoms with Crippen LogP contribution in [0, 0.1) is 0 Å². The molecule has 4 heteroatoms. The van der Waals surface area contributed by atoms with Crippen molar-refractivity contribution in [3.63, 3.8) is 0 Å². The van der Waals surface area contributed by atoms with Crippen molar-refractivity contribution in [2.75, 3.05) is 12.8 Å². The van der Waals surface area contributed by atoms with Crippen molar-refractivity contribution in [2.24, 2.45) is 0 Å². The third-order valence-corrected chi connectivity index (χ3v) is 4.87. The Balaban J connectivity index is 1.71. The molecule has 1 saturated heterocycles. The van der Waals surface area contributed by atoms with E-state index in [-0.39, 0.29) is 11.9 Å². The van der Waals surface area contributed by atoms with Crippen LogP contribution in [0.3, 0.4) is 0 Å². The summed E-state index contributed by atoms with van der Waals surface area (Å²) in [7, 11) is 0. The van der Waals surface area contributed by atoms with E-state index < -0.39 is 0 Å². The van der Waals surface area contributed by atoms with Crippen LogP contribution in [0.1, 0.15) is 38.5 Å². The SMILES string of the molecule is CSC1CCC(NC(=O)[C@@H]2CCCN2)CC1. The summed E-state index contributed by atoms with van der Waals surface area (Å²) in [6.45, 7) is 0.997. The zero-order valence-corrected chi connectivity index (χ0v) is 10.8. The van der Waals surface area contributed by atoms with E-state index in [0.717, 1.165) is 37.5 Å². The van der Waals surface area contributed by atoms with Gasteiger partial charge in [-0.05, 0) is 51.3 Å². The topological polar surface area (TPSA) is 41.1 Å². The molecule has 1 aliphatic carbocycles. The van der Waals surface area contributed by atoms with Crippen molar-refractivity contribution >= 4 is 17.7 Å². The molecule has 92 valence electrons. The highest BCUT2D eigenvalue weighted by molar-refractivity contribution is 7.99. The van der Waals surface area contributed by atoms with Gasteiger partial charge >= 0.3 is 0 Å². The molecule has 0 radical (unpaired) electrons. The molecule has 0 unspecified atom stereocenters. The molecular weight excluding hydrogens is 220 g/mol. The zero-order valence-electron chi connectivity index (χ0n) is 10.00. The minimum Gasteiger partial charge on any atom is -0.352 e. The second-order valence-corrected chi connectivity index (χ2v) is 6.00. The lowest BCUT2D eigenvalue weighted by Gasteiger charge is -2.28. The van der Waals surface area contributed by atoms with Crippen molar-refractivity contribution in [1.29, 1.82) is 0 Å². The van der Waals surface area contributed by atoms with Gasteiger partial charge in [0.1, 0.15) is 0 Å². The highest BCUT2D eigenvalue weighted by atomic mass is 32.2. The Morgan fingerprint density at radius 1 is 1.25 bits per heavy atom. The average molecular weight is 242 g/mol. The minimum absolute atomic E-state index is 0.0817. The van der Waals surface area contributed by atoms with Crippen molar-refractivity contribution in [3.8, 4) is 0 Å². The molecule has 1 saturated carbocycles. The van der Waals surface area contributed by atoms with Gasteiger partial charge in [-0.1, -0.05) is 0 Å². The summed E-state index contributed by atoms with van der Waals surface area (Å²) in [5.41, 5.74) is 0. The van der Waals surface area contributed by atoms with Crippen molar-refractivity contribution in [2.45, 2.75) is 55.9 Å². The van der Waals surface area contributed by atoms with Gasteiger partial charge < -0.3 is 10.6 Å². The summed E-state index contributed by atoms with van der Waals surface area (Å²) in [6, 6.07) is 0.511.